The highest BCUT2D eigenvalue weighted by Gasteiger charge is 2.19. The molecule has 1 aliphatic rings. The van der Waals surface area contributed by atoms with E-state index in [1.165, 1.54) is 13.8 Å². The number of ether oxygens (including phenoxy) is 4. The fourth-order valence-electron chi connectivity index (χ4n) is 1.95. The summed E-state index contributed by atoms with van der Waals surface area (Å²) >= 11 is 0. The summed E-state index contributed by atoms with van der Waals surface area (Å²) in [6.45, 7) is 2.80. The molecule has 28 heavy (non-hydrogen) atoms. The van der Waals surface area contributed by atoms with Crippen molar-refractivity contribution < 1.29 is 42.9 Å². The van der Waals surface area contributed by atoms with E-state index in [4.69, 9.17) is 9.47 Å². The van der Waals surface area contributed by atoms with E-state index in [9.17, 15) is 24.0 Å². The maximum absolute atomic E-state index is 11.5. The number of carbonyl (C=O) groups is 5. The van der Waals surface area contributed by atoms with Crippen molar-refractivity contribution in [3.63, 3.8) is 0 Å². The molecule has 2 rings (SSSR count). The largest absolute Gasteiger partial charge is 0.461 e. The molecule has 0 saturated carbocycles. The third-order valence-corrected chi connectivity index (χ3v) is 3.17. The third kappa shape index (κ3) is 10.7. The lowest BCUT2D eigenvalue weighted by Gasteiger charge is -2.12. The molecule has 0 radical (unpaired) electrons. The standard InChI is InChI=1S/C15H18O6.C4H4O3/c1-11(16)20-12(2)21-15(18)9-8-14(17)19-10-13-6-4-3-5-7-13;5-3-1-2-4(6)7-3/h3-7,12H,8-10H2,1-2H3;1-2H2. The van der Waals surface area contributed by atoms with Crippen LogP contribution in [0.5, 0.6) is 0 Å². The maximum atomic E-state index is 11.5. The molecule has 1 aromatic rings. The molecule has 1 atom stereocenters. The Hall–Kier alpha value is -3.23. The molecule has 0 N–H and O–H groups in total. The SMILES string of the molecule is CC(=O)OC(C)OC(=O)CCC(=O)OCc1ccccc1.O=C1CCC(=O)O1. The Morgan fingerprint density at radius 1 is 0.964 bits per heavy atom. The van der Waals surface area contributed by atoms with Crippen molar-refractivity contribution in [1.82, 2.24) is 0 Å². The number of hydrogen-bond acceptors (Lipinski definition) is 9. The van der Waals surface area contributed by atoms with E-state index in [-0.39, 0.29) is 32.3 Å². The Bertz CT molecular complexity index is 683. The van der Waals surface area contributed by atoms with E-state index in [1.54, 1.807) is 0 Å². The van der Waals surface area contributed by atoms with Gasteiger partial charge >= 0.3 is 29.8 Å². The summed E-state index contributed by atoms with van der Waals surface area (Å²) in [5, 5.41) is 0. The van der Waals surface area contributed by atoms with Crippen LogP contribution in [0.25, 0.3) is 0 Å². The Kier molecular flexibility index (Phi) is 9.95. The van der Waals surface area contributed by atoms with E-state index in [0.29, 0.717) is 0 Å². The maximum Gasteiger partial charge on any atom is 0.314 e. The zero-order valence-corrected chi connectivity index (χ0v) is 15.7. The minimum absolute atomic E-state index is 0.0849. The first-order chi connectivity index (χ1) is 13.3. The first-order valence-electron chi connectivity index (χ1n) is 8.56. The van der Waals surface area contributed by atoms with Crippen LogP contribution in [-0.2, 0) is 49.5 Å². The van der Waals surface area contributed by atoms with Crippen molar-refractivity contribution >= 4 is 29.8 Å². The summed E-state index contributed by atoms with van der Waals surface area (Å²) in [4.78, 5) is 53.5. The van der Waals surface area contributed by atoms with Gasteiger partial charge in [-0.1, -0.05) is 30.3 Å². The molecule has 152 valence electrons. The molecule has 9 nitrogen and oxygen atoms in total. The number of carbonyl (C=O) groups excluding carboxylic acids is 5. The molecule has 1 fully saturated rings. The number of rotatable bonds is 7. The monoisotopic (exact) mass is 394 g/mol. The minimum atomic E-state index is -0.963. The van der Waals surface area contributed by atoms with E-state index in [1.807, 2.05) is 30.3 Å². The molecule has 1 aromatic carbocycles. The smallest absolute Gasteiger partial charge is 0.314 e. The van der Waals surface area contributed by atoms with Crippen LogP contribution >= 0.6 is 0 Å². The van der Waals surface area contributed by atoms with Crippen LogP contribution in [0.1, 0.15) is 45.1 Å². The molecule has 0 amide bonds. The summed E-state index contributed by atoms with van der Waals surface area (Å²) in [6.07, 6.45) is -0.648. The topological polar surface area (TPSA) is 122 Å². The van der Waals surface area contributed by atoms with Gasteiger partial charge < -0.3 is 18.9 Å². The van der Waals surface area contributed by atoms with E-state index in [0.717, 1.165) is 5.56 Å². The molecule has 9 heteroatoms. The van der Waals surface area contributed by atoms with Crippen LogP contribution in [0.2, 0.25) is 0 Å². The highest BCUT2D eigenvalue weighted by Crippen LogP contribution is 2.05. The van der Waals surface area contributed by atoms with Crippen molar-refractivity contribution in [2.75, 3.05) is 0 Å². The molecule has 1 unspecified atom stereocenters. The quantitative estimate of drug-likeness (QED) is 0.295. The third-order valence-electron chi connectivity index (χ3n) is 3.17. The fourth-order valence-corrected chi connectivity index (χ4v) is 1.95. The zero-order chi connectivity index (χ0) is 20.9. The summed E-state index contributed by atoms with van der Waals surface area (Å²) in [5.41, 5.74) is 0.872. The summed E-state index contributed by atoms with van der Waals surface area (Å²) in [7, 11) is 0. The van der Waals surface area contributed by atoms with Crippen LogP contribution in [-0.4, -0.2) is 36.1 Å². The Morgan fingerprint density at radius 3 is 2.04 bits per heavy atom. The second-order valence-electron chi connectivity index (χ2n) is 5.66. The summed E-state index contributed by atoms with van der Waals surface area (Å²) in [5.74, 6) is -2.45. The first-order valence-corrected chi connectivity index (χ1v) is 8.56. The van der Waals surface area contributed by atoms with Gasteiger partial charge in [0.1, 0.15) is 6.61 Å². The molecular formula is C19H22O9. The van der Waals surface area contributed by atoms with Gasteiger partial charge in [-0.3, -0.25) is 24.0 Å². The second kappa shape index (κ2) is 12.2. The number of hydrogen-bond donors (Lipinski definition) is 0. The molecule has 0 aromatic heterocycles. The van der Waals surface area contributed by atoms with Gasteiger partial charge in [0.2, 0.25) is 6.29 Å². The second-order valence-corrected chi connectivity index (χ2v) is 5.66. The lowest BCUT2D eigenvalue weighted by molar-refractivity contribution is -0.183. The average molecular weight is 394 g/mol. The van der Waals surface area contributed by atoms with Gasteiger partial charge in [0.25, 0.3) is 0 Å². The lowest BCUT2D eigenvalue weighted by Crippen LogP contribution is -2.21. The van der Waals surface area contributed by atoms with E-state index in [2.05, 4.69) is 9.47 Å². The molecule has 0 bridgehead atoms. The Morgan fingerprint density at radius 2 is 1.54 bits per heavy atom. The fraction of sp³-hybridized carbons (Fsp3) is 0.421. The number of esters is 5. The molecule has 0 spiro atoms. The molecular weight excluding hydrogens is 372 g/mol. The van der Waals surface area contributed by atoms with Crippen LogP contribution in [0.3, 0.4) is 0 Å². The van der Waals surface area contributed by atoms with Crippen molar-refractivity contribution in [1.29, 1.82) is 0 Å². The van der Waals surface area contributed by atoms with Gasteiger partial charge in [0.05, 0.1) is 25.7 Å². The summed E-state index contributed by atoms with van der Waals surface area (Å²) < 4.78 is 18.5. The van der Waals surface area contributed by atoms with Gasteiger partial charge in [0, 0.05) is 13.8 Å². The zero-order valence-electron chi connectivity index (χ0n) is 15.7. The predicted octanol–water partition coefficient (Wildman–Crippen LogP) is 1.81. The van der Waals surface area contributed by atoms with Crippen LogP contribution in [0.15, 0.2) is 30.3 Å². The minimum Gasteiger partial charge on any atom is -0.461 e. The van der Waals surface area contributed by atoms with Gasteiger partial charge in [-0.25, -0.2) is 0 Å². The summed E-state index contributed by atoms with van der Waals surface area (Å²) in [6, 6.07) is 9.23. The van der Waals surface area contributed by atoms with Gasteiger partial charge in [0.15, 0.2) is 0 Å². The molecule has 1 heterocycles. The lowest BCUT2D eigenvalue weighted by atomic mass is 10.2. The Labute approximate surface area is 161 Å². The molecule has 1 aliphatic heterocycles. The molecule has 1 saturated heterocycles. The normalized spacial score (nSPS) is 13.5. The van der Waals surface area contributed by atoms with Gasteiger partial charge in [-0.05, 0) is 5.56 Å². The number of benzene rings is 1. The van der Waals surface area contributed by atoms with Gasteiger partial charge in [-0.2, -0.15) is 0 Å². The van der Waals surface area contributed by atoms with E-state index >= 15 is 0 Å². The highest BCUT2D eigenvalue weighted by atomic mass is 16.7. The first kappa shape index (κ1) is 22.8. The Balaban J connectivity index is 0.000000467. The number of cyclic esters (lactones) is 2. The predicted molar refractivity (Wildman–Crippen MR) is 93.1 cm³/mol. The highest BCUT2D eigenvalue weighted by molar-refractivity contribution is 5.92. The van der Waals surface area contributed by atoms with Crippen molar-refractivity contribution in [2.24, 2.45) is 0 Å². The average Bonchev–Trinajstić information content (AvgIpc) is 3.01. The van der Waals surface area contributed by atoms with E-state index < -0.39 is 36.1 Å². The van der Waals surface area contributed by atoms with Crippen LogP contribution in [0, 0.1) is 0 Å². The van der Waals surface area contributed by atoms with Crippen molar-refractivity contribution in [3.8, 4) is 0 Å². The van der Waals surface area contributed by atoms with Gasteiger partial charge in [-0.15, -0.1) is 0 Å². The van der Waals surface area contributed by atoms with Crippen molar-refractivity contribution in [2.45, 2.75) is 52.4 Å². The van der Waals surface area contributed by atoms with Crippen LogP contribution < -0.4 is 0 Å². The molecule has 0 aliphatic carbocycles. The van der Waals surface area contributed by atoms with Crippen molar-refractivity contribution in [3.05, 3.63) is 35.9 Å². The van der Waals surface area contributed by atoms with Crippen LogP contribution in [0.4, 0.5) is 0 Å².